The van der Waals surface area contributed by atoms with Gasteiger partial charge in [0.1, 0.15) is 13.2 Å². The van der Waals surface area contributed by atoms with Crippen molar-refractivity contribution in [2.75, 3.05) is 26.9 Å². The maximum Gasteiger partial charge on any atom is 0.203 e. The summed E-state index contributed by atoms with van der Waals surface area (Å²) in [5.41, 5.74) is 0.357. The van der Waals surface area contributed by atoms with Gasteiger partial charge in [0.25, 0.3) is 0 Å². The molecule has 5 nitrogen and oxygen atoms in total. The molecule has 1 aromatic carbocycles. The van der Waals surface area contributed by atoms with Crippen LogP contribution >= 0.6 is 0 Å². The highest BCUT2D eigenvalue weighted by Crippen LogP contribution is 2.40. The van der Waals surface area contributed by atoms with Gasteiger partial charge in [-0.05, 0) is 31.0 Å². The van der Waals surface area contributed by atoms with Crippen LogP contribution in [-0.2, 0) is 6.54 Å². The lowest BCUT2D eigenvalue weighted by Crippen LogP contribution is -2.36. The summed E-state index contributed by atoms with van der Waals surface area (Å²) in [6.07, 6.45) is 0.713. The lowest BCUT2D eigenvalue weighted by atomic mass is 10.0. The monoisotopic (exact) mass is 281 g/mol. The van der Waals surface area contributed by atoms with Crippen molar-refractivity contribution in [2.24, 2.45) is 0 Å². The van der Waals surface area contributed by atoms with E-state index in [0.29, 0.717) is 44.2 Å². The van der Waals surface area contributed by atoms with Gasteiger partial charge >= 0.3 is 0 Å². The van der Waals surface area contributed by atoms with Crippen molar-refractivity contribution < 1.29 is 19.3 Å². The van der Waals surface area contributed by atoms with Crippen LogP contribution in [0.5, 0.6) is 17.2 Å². The fourth-order valence-electron chi connectivity index (χ4n) is 2.03. The van der Waals surface area contributed by atoms with Gasteiger partial charge in [0.05, 0.1) is 12.7 Å². The first-order chi connectivity index (χ1) is 9.55. The molecule has 1 unspecified atom stereocenters. The first-order valence-electron chi connectivity index (χ1n) is 6.95. The largest absolute Gasteiger partial charge is 0.493 e. The second-order valence-electron chi connectivity index (χ2n) is 5.28. The van der Waals surface area contributed by atoms with Gasteiger partial charge in [-0.15, -0.1) is 0 Å². The van der Waals surface area contributed by atoms with E-state index in [-0.39, 0.29) is 0 Å². The predicted octanol–water partition coefficient (Wildman–Crippen LogP) is 1.72. The topological polar surface area (TPSA) is 60.0 Å². The molecular formula is C15H23NO4. The number of aliphatic hydroxyl groups is 1. The third-order valence-electron chi connectivity index (χ3n) is 3.48. The zero-order valence-corrected chi connectivity index (χ0v) is 12.4. The molecule has 1 heterocycles. The van der Waals surface area contributed by atoms with Crippen LogP contribution in [0.2, 0.25) is 0 Å². The van der Waals surface area contributed by atoms with Gasteiger partial charge in [0.15, 0.2) is 11.5 Å². The summed E-state index contributed by atoms with van der Waals surface area (Å²) in [7, 11) is 1.62. The smallest absolute Gasteiger partial charge is 0.203 e. The molecule has 1 aliphatic heterocycles. The summed E-state index contributed by atoms with van der Waals surface area (Å²) >= 11 is 0. The Kier molecular flexibility index (Phi) is 4.73. The number of hydrogen-bond donors (Lipinski definition) is 2. The van der Waals surface area contributed by atoms with Crippen LogP contribution < -0.4 is 19.5 Å². The molecule has 20 heavy (non-hydrogen) atoms. The number of methoxy groups -OCH3 is 1. The van der Waals surface area contributed by atoms with E-state index < -0.39 is 5.60 Å². The predicted molar refractivity (Wildman–Crippen MR) is 76.6 cm³/mol. The second-order valence-corrected chi connectivity index (χ2v) is 5.28. The van der Waals surface area contributed by atoms with Crippen LogP contribution in [0.1, 0.15) is 25.8 Å². The summed E-state index contributed by atoms with van der Waals surface area (Å²) < 4.78 is 16.5. The standard InChI is InChI=1S/C15H23NO4/c1-4-15(2,17)10-16-9-11-7-12(18-3)14-13(8-11)19-5-6-20-14/h7-8,16-17H,4-6,9-10H2,1-3H3. The summed E-state index contributed by atoms with van der Waals surface area (Å²) in [6, 6.07) is 3.88. The van der Waals surface area contributed by atoms with Crippen LogP contribution in [0.15, 0.2) is 12.1 Å². The minimum Gasteiger partial charge on any atom is -0.493 e. The molecule has 1 aromatic rings. The molecule has 0 bridgehead atoms. The third kappa shape index (κ3) is 3.55. The number of hydrogen-bond acceptors (Lipinski definition) is 5. The Labute approximate surface area is 119 Å². The van der Waals surface area contributed by atoms with E-state index in [1.54, 1.807) is 7.11 Å². The van der Waals surface area contributed by atoms with Crippen LogP contribution in [0, 0.1) is 0 Å². The molecule has 1 atom stereocenters. The van der Waals surface area contributed by atoms with Crippen LogP contribution in [0.4, 0.5) is 0 Å². The van der Waals surface area contributed by atoms with Gasteiger partial charge in [-0.1, -0.05) is 6.92 Å². The van der Waals surface area contributed by atoms with Crippen LogP contribution in [0.3, 0.4) is 0 Å². The Balaban J connectivity index is 2.05. The number of fused-ring (bicyclic) bond motifs is 1. The molecular weight excluding hydrogens is 258 g/mol. The summed E-state index contributed by atoms with van der Waals surface area (Å²) in [6.45, 7) is 6.07. The van der Waals surface area contributed by atoms with E-state index in [1.807, 2.05) is 26.0 Å². The van der Waals surface area contributed by atoms with E-state index in [4.69, 9.17) is 14.2 Å². The van der Waals surface area contributed by atoms with E-state index >= 15 is 0 Å². The molecule has 0 saturated carbocycles. The van der Waals surface area contributed by atoms with Crippen molar-refractivity contribution in [3.05, 3.63) is 17.7 Å². The van der Waals surface area contributed by atoms with Gasteiger partial charge in [-0.2, -0.15) is 0 Å². The van der Waals surface area contributed by atoms with Crippen LogP contribution in [0.25, 0.3) is 0 Å². The summed E-state index contributed by atoms with van der Waals surface area (Å²) in [5, 5.41) is 13.2. The van der Waals surface area contributed by atoms with Gasteiger partial charge in [0.2, 0.25) is 5.75 Å². The summed E-state index contributed by atoms with van der Waals surface area (Å²) in [5.74, 6) is 2.07. The van der Waals surface area contributed by atoms with Gasteiger partial charge in [-0.3, -0.25) is 0 Å². The van der Waals surface area contributed by atoms with Crippen molar-refractivity contribution >= 4 is 0 Å². The Morgan fingerprint density at radius 2 is 2.10 bits per heavy atom. The fourth-order valence-corrected chi connectivity index (χ4v) is 2.03. The molecule has 0 radical (unpaired) electrons. The number of ether oxygens (including phenoxy) is 3. The normalized spacial score (nSPS) is 16.6. The Morgan fingerprint density at radius 1 is 1.35 bits per heavy atom. The number of benzene rings is 1. The van der Waals surface area contributed by atoms with E-state index in [1.165, 1.54) is 0 Å². The molecule has 0 saturated heterocycles. The highest BCUT2D eigenvalue weighted by atomic mass is 16.6. The molecule has 0 aliphatic carbocycles. The number of nitrogens with one attached hydrogen (secondary N) is 1. The third-order valence-corrected chi connectivity index (χ3v) is 3.48. The van der Waals surface area contributed by atoms with Crippen LogP contribution in [-0.4, -0.2) is 37.6 Å². The lowest BCUT2D eigenvalue weighted by Gasteiger charge is -2.23. The zero-order valence-electron chi connectivity index (χ0n) is 12.4. The highest BCUT2D eigenvalue weighted by molar-refractivity contribution is 5.54. The Bertz CT molecular complexity index is 442. The van der Waals surface area contributed by atoms with Gasteiger partial charge in [0, 0.05) is 13.1 Å². The van der Waals surface area contributed by atoms with E-state index in [2.05, 4.69) is 5.32 Å². The first-order valence-corrected chi connectivity index (χ1v) is 6.95. The molecule has 0 fully saturated rings. The van der Waals surface area contributed by atoms with Crippen molar-refractivity contribution in [1.29, 1.82) is 0 Å². The Hall–Kier alpha value is -1.46. The van der Waals surface area contributed by atoms with E-state index in [0.717, 1.165) is 11.3 Å². The van der Waals surface area contributed by atoms with E-state index in [9.17, 15) is 5.11 Å². The number of rotatable bonds is 6. The maximum absolute atomic E-state index is 9.96. The molecule has 1 aliphatic rings. The molecule has 5 heteroatoms. The average molecular weight is 281 g/mol. The fraction of sp³-hybridized carbons (Fsp3) is 0.600. The molecule has 2 N–H and O–H groups in total. The average Bonchev–Trinajstić information content (AvgIpc) is 2.46. The zero-order chi connectivity index (χ0) is 14.6. The quantitative estimate of drug-likeness (QED) is 0.831. The second kappa shape index (κ2) is 6.33. The minimum absolute atomic E-state index is 0.542. The summed E-state index contributed by atoms with van der Waals surface area (Å²) in [4.78, 5) is 0. The molecule has 112 valence electrons. The Morgan fingerprint density at radius 3 is 2.80 bits per heavy atom. The molecule has 0 spiro atoms. The lowest BCUT2D eigenvalue weighted by molar-refractivity contribution is 0.0555. The highest BCUT2D eigenvalue weighted by Gasteiger charge is 2.19. The van der Waals surface area contributed by atoms with Crippen molar-refractivity contribution in [1.82, 2.24) is 5.32 Å². The van der Waals surface area contributed by atoms with Crippen molar-refractivity contribution in [2.45, 2.75) is 32.4 Å². The van der Waals surface area contributed by atoms with Gasteiger partial charge < -0.3 is 24.6 Å². The molecule has 0 amide bonds. The SMILES string of the molecule is CCC(C)(O)CNCc1cc(OC)c2c(c1)OCCO2. The van der Waals surface area contributed by atoms with Gasteiger partial charge in [-0.25, -0.2) is 0 Å². The molecule has 2 rings (SSSR count). The maximum atomic E-state index is 9.96. The minimum atomic E-state index is -0.683. The van der Waals surface area contributed by atoms with Crippen molar-refractivity contribution in [3.8, 4) is 17.2 Å². The first kappa shape index (κ1) is 14.9. The van der Waals surface area contributed by atoms with Crippen molar-refractivity contribution in [3.63, 3.8) is 0 Å². The molecule has 0 aromatic heterocycles.